The quantitative estimate of drug-likeness (QED) is 0.838. The zero-order valence-electron chi connectivity index (χ0n) is 15.2. The van der Waals surface area contributed by atoms with Crippen molar-refractivity contribution in [3.05, 3.63) is 0 Å². The van der Waals surface area contributed by atoms with Gasteiger partial charge in [0.25, 0.3) is 0 Å². The fraction of sp³-hybridized carbons (Fsp3) is 0.882. The van der Waals surface area contributed by atoms with Crippen LogP contribution >= 0.6 is 0 Å². The molecule has 6 heteroatoms. The van der Waals surface area contributed by atoms with Crippen molar-refractivity contribution in [2.24, 2.45) is 5.92 Å². The summed E-state index contributed by atoms with van der Waals surface area (Å²) in [5, 5.41) is 2.90. The van der Waals surface area contributed by atoms with Gasteiger partial charge in [0, 0.05) is 13.1 Å². The Morgan fingerprint density at radius 2 is 1.91 bits per heavy atom. The van der Waals surface area contributed by atoms with Crippen LogP contribution in [0.4, 0.5) is 9.59 Å². The fourth-order valence-corrected chi connectivity index (χ4v) is 2.85. The Morgan fingerprint density at radius 1 is 1.22 bits per heavy atom. The summed E-state index contributed by atoms with van der Waals surface area (Å²) >= 11 is 0. The summed E-state index contributed by atoms with van der Waals surface area (Å²) in [6.45, 7) is 11.0. The van der Waals surface area contributed by atoms with Crippen LogP contribution in [-0.2, 0) is 9.47 Å². The third-order valence-electron chi connectivity index (χ3n) is 3.75. The van der Waals surface area contributed by atoms with E-state index in [4.69, 9.17) is 9.47 Å². The Labute approximate surface area is 139 Å². The number of nitrogens with zero attached hydrogens (tertiary/aromatic N) is 1. The minimum atomic E-state index is -0.527. The molecule has 2 unspecified atom stereocenters. The average molecular weight is 328 g/mol. The van der Waals surface area contributed by atoms with Gasteiger partial charge < -0.3 is 19.7 Å². The third kappa shape index (κ3) is 7.57. The van der Waals surface area contributed by atoms with Crippen LogP contribution in [0.3, 0.4) is 0 Å². The molecule has 0 radical (unpaired) electrons. The molecular formula is C17H32N2O4. The highest BCUT2D eigenvalue weighted by Gasteiger charge is 2.32. The Morgan fingerprint density at radius 3 is 2.48 bits per heavy atom. The number of alkyl carbamates (subject to hydrolysis) is 1. The van der Waals surface area contributed by atoms with Crippen LogP contribution in [-0.4, -0.2) is 48.4 Å². The number of carbonyl (C=O) groups is 2. The molecule has 1 aliphatic heterocycles. The van der Waals surface area contributed by atoms with Crippen molar-refractivity contribution >= 4 is 12.2 Å². The van der Waals surface area contributed by atoms with E-state index in [2.05, 4.69) is 12.2 Å². The summed E-state index contributed by atoms with van der Waals surface area (Å²) in [7, 11) is 0. The van der Waals surface area contributed by atoms with Crippen LogP contribution in [0, 0.1) is 5.92 Å². The van der Waals surface area contributed by atoms with Crippen molar-refractivity contribution in [2.75, 3.05) is 19.7 Å². The molecule has 134 valence electrons. The van der Waals surface area contributed by atoms with Gasteiger partial charge in [-0.25, -0.2) is 9.59 Å². The number of nitrogens with one attached hydrogen (secondary N) is 1. The number of likely N-dealkylation sites (tertiary alicyclic amines) is 1. The zero-order valence-corrected chi connectivity index (χ0v) is 15.2. The van der Waals surface area contributed by atoms with E-state index in [0.717, 1.165) is 25.7 Å². The molecule has 0 spiro atoms. The lowest BCUT2D eigenvalue weighted by Crippen LogP contribution is -2.53. The molecule has 2 amide bonds. The van der Waals surface area contributed by atoms with E-state index >= 15 is 0 Å². The molecule has 1 heterocycles. The SMILES string of the molecule is CCCCC1CC(NC(=O)OC(C)(C)C)CN(C(=O)OCC)C1. The lowest BCUT2D eigenvalue weighted by atomic mass is 9.90. The lowest BCUT2D eigenvalue weighted by Gasteiger charge is -2.37. The fourth-order valence-electron chi connectivity index (χ4n) is 2.85. The number of hydrogen-bond acceptors (Lipinski definition) is 4. The van der Waals surface area contributed by atoms with Gasteiger partial charge in [0.1, 0.15) is 5.60 Å². The minimum absolute atomic E-state index is 0.0927. The zero-order chi connectivity index (χ0) is 17.5. The predicted octanol–water partition coefficient (Wildman–Crippen LogP) is 3.55. The van der Waals surface area contributed by atoms with Crippen molar-refractivity contribution in [3.63, 3.8) is 0 Å². The molecule has 1 rings (SSSR count). The van der Waals surface area contributed by atoms with Crippen molar-refractivity contribution in [1.82, 2.24) is 10.2 Å². The summed E-state index contributed by atoms with van der Waals surface area (Å²) in [6, 6.07) is -0.0927. The molecule has 0 bridgehead atoms. The van der Waals surface area contributed by atoms with E-state index in [1.807, 2.05) is 20.8 Å². The molecule has 0 saturated carbocycles. The van der Waals surface area contributed by atoms with Crippen molar-refractivity contribution < 1.29 is 19.1 Å². The molecule has 0 aromatic rings. The molecule has 1 saturated heterocycles. The van der Waals surface area contributed by atoms with E-state index in [-0.39, 0.29) is 12.1 Å². The normalized spacial score (nSPS) is 21.7. The van der Waals surface area contributed by atoms with Crippen molar-refractivity contribution in [3.8, 4) is 0 Å². The summed E-state index contributed by atoms with van der Waals surface area (Å²) in [6.07, 6.45) is 3.45. The van der Waals surface area contributed by atoms with Crippen LogP contribution < -0.4 is 5.32 Å². The number of unbranched alkanes of at least 4 members (excludes halogenated alkanes) is 1. The van der Waals surface area contributed by atoms with Gasteiger partial charge in [-0.3, -0.25) is 0 Å². The number of carbonyl (C=O) groups excluding carboxylic acids is 2. The second kappa shape index (κ2) is 8.99. The first kappa shape index (κ1) is 19.6. The Balaban J connectivity index is 2.65. The van der Waals surface area contributed by atoms with Crippen LogP contribution in [0.5, 0.6) is 0 Å². The molecule has 0 aliphatic carbocycles. The highest BCUT2D eigenvalue weighted by Crippen LogP contribution is 2.23. The van der Waals surface area contributed by atoms with Gasteiger partial charge in [0.2, 0.25) is 0 Å². The first-order valence-electron chi connectivity index (χ1n) is 8.66. The molecule has 1 aliphatic rings. The summed E-state index contributed by atoms with van der Waals surface area (Å²) in [5.74, 6) is 0.382. The van der Waals surface area contributed by atoms with Crippen LogP contribution in [0.2, 0.25) is 0 Å². The smallest absolute Gasteiger partial charge is 0.409 e. The standard InChI is InChI=1S/C17H32N2O4/c1-6-8-9-13-10-14(18-15(20)23-17(3,4)5)12-19(11-13)16(21)22-7-2/h13-14H,6-12H2,1-5H3,(H,18,20). The largest absolute Gasteiger partial charge is 0.450 e. The minimum Gasteiger partial charge on any atom is -0.450 e. The first-order valence-corrected chi connectivity index (χ1v) is 8.66. The third-order valence-corrected chi connectivity index (χ3v) is 3.75. The highest BCUT2D eigenvalue weighted by atomic mass is 16.6. The van der Waals surface area contributed by atoms with Gasteiger partial charge in [-0.05, 0) is 46.5 Å². The number of hydrogen-bond donors (Lipinski definition) is 1. The van der Waals surface area contributed by atoms with Crippen molar-refractivity contribution in [2.45, 2.75) is 71.9 Å². The maximum atomic E-state index is 12.0. The van der Waals surface area contributed by atoms with E-state index in [1.165, 1.54) is 0 Å². The first-order chi connectivity index (χ1) is 10.7. The molecule has 1 N–H and O–H groups in total. The van der Waals surface area contributed by atoms with Gasteiger partial charge in [-0.2, -0.15) is 0 Å². The van der Waals surface area contributed by atoms with Crippen molar-refractivity contribution in [1.29, 1.82) is 0 Å². The van der Waals surface area contributed by atoms with E-state index in [9.17, 15) is 9.59 Å². The van der Waals surface area contributed by atoms with E-state index in [1.54, 1.807) is 11.8 Å². The Bertz CT molecular complexity index is 393. The monoisotopic (exact) mass is 328 g/mol. The lowest BCUT2D eigenvalue weighted by molar-refractivity contribution is 0.0418. The van der Waals surface area contributed by atoms with Crippen LogP contribution in [0.15, 0.2) is 0 Å². The second-order valence-electron chi connectivity index (χ2n) is 7.19. The Kier molecular flexibility index (Phi) is 7.65. The molecule has 23 heavy (non-hydrogen) atoms. The number of amides is 2. The van der Waals surface area contributed by atoms with E-state index in [0.29, 0.717) is 25.6 Å². The molecular weight excluding hydrogens is 296 g/mol. The highest BCUT2D eigenvalue weighted by molar-refractivity contribution is 5.69. The molecule has 0 aromatic carbocycles. The van der Waals surface area contributed by atoms with Gasteiger partial charge >= 0.3 is 12.2 Å². The van der Waals surface area contributed by atoms with Gasteiger partial charge in [-0.1, -0.05) is 19.8 Å². The summed E-state index contributed by atoms with van der Waals surface area (Å²) in [4.78, 5) is 25.7. The topological polar surface area (TPSA) is 67.9 Å². The van der Waals surface area contributed by atoms with E-state index < -0.39 is 11.7 Å². The molecule has 0 aromatic heterocycles. The van der Waals surface area contributed by atoms with Crippen LogP contribution in [0.25, 0.3) is 0 Å². The predicted molar refractivity (Wildman–Crippen MR) is 89.4 cm³/mol. The van der Waals surface area contributed by atoms with Crippen LogP contribution in [0.1, 0.15) is 60.3 Å². The van der Waals surface area contributed by atoms with Gasteiger partial charge in [0.15, 0.2) is 0 Å². The number of ether oxygens (including phenoxy) is 2. The Hall–Kier alpha value is -1.46. The maximum Gasteiger partial charge on any atom is 0.409 e. The summed E-state index contributed by atoms with van der Waals surface area (Å²) < 4.78 is 10.4. The van der Waals surface area contributed by atoms with Gasteiger partial charge in [-0.15, -0.1) is 0 Å². The average Bonchev–Trinajstić information content (AvgIpc) is 2.43. The number of piperidine rings is 1. The summed E-state index contributed by atoms with van der Waals surface area (Å²) in [5.41, 5.74) is -0.527. The maximum absolute atomic E-state index is 12.0. The van der Waals surface area contributed by atoms with Gasteiger partial charge in [0.05, 0.1) is 12.6 Å². The second-order valence-corrected chi connectivity index (χ2v) is 7.19. The molecule has 2 atom stereocenters. The molecule has 1 fully saturated rings. The molecule has 6 nitrogen and oxygen atoms in total. The number of rotatable bonds is 5.